The zero-order valence-electron chi connectivity index (χ0n) is 8.43. The van der Waals surface area contributed by atoms with Gasteiger partial charge in [0.15, 0.2) is 5.82 Å². The second-order valence-electron chi connectivity index (χ2n) is 3.99. The summed E-state index contributed by atoms with van der Waals surface area (Å²) in [6.07, 6.45) is 4.64. The minimum atomic E-state index is -0.147. The molecule has 74 valence electrons. The average Bonchev–Trinajstić information content (AvgIpc) is 2.48. The van der Waals surface area contributed by atoms with Crippen LogP contribution in [0.4, 0.5) is 4.39 Å². The molecular formula is C10H16FNS. The molecule has 0 fully saturated rings. The van der Waals surface area contributed by atoms with Gasteiger partial charge < -0.3 is 0 Å². The fourth-order valence-electron chi connectivity index (χ4n) is 1.41. The molecule has 0 amide bonds. The van der Waals surface area contributed by atoms with E-state index in [0.29, 0.717) is 0 Å². The summed E-state index contributed by atoms with van der Waals surface area (Å²) in [6, 6.07) is 0. The Hall–Kier alpha value is -0.440. The molecule has 1 aromatic heterocycles. The standard InChI is InChI=1S/C10H16FNS/c1-4-5-6-10(2,3)9-8(11)7-12-13-9/h7H,4-6H2,1-3H3. The molecular weight excluding hydrogens is 185 g/mol. The number of hydrogen-bond acceptors (Lipinski definition) is 2. The van der Waals surface area contributed by atoms with Crippen molar-refractivity contribution in [2.45, 2.75) is 45.4 Å². The van der Waals surface area contributed by atoms with Crippen molar-refractivity contribution < 1.29 is 4.39 Å². The van der Waals surface area contributed by atoms with Crippen LogP contribution in [0.3, 0.4) is 0 Å². The molecule has 0 aliphatic rings. The molecule has 0 aliphatic carbocycles. The molecule has 0 aromatic carbocycles. The quantitative estimate of drug-likeness (QED) is 0.723. The van der Waals surface area contributed by atoms with E-state index in [0.717, 1.165) is 24.1 Å². The van der Waals surface area contributed by atoms with Crippen LogP contribution in [-0.4, -0.2) is 4.37 Å². The van der Waals surface area contributed by atoms with Crippen LogP contribution in [0.1, 0.15) is 44.9 Å². The highest BCUT2D eigenvalue weighted by Crippen LogP contribution is 2.33. The van der Waals surface area contributed by atoms with Crippen LogP contribution < -0.4 is 0 Å². The first kappa shape index (κ1) is 10.6. The summed E-state index contributed by atoms with van der Waals surface area (Å²) >= 11 is 1.28. The normalized spacial score (nSPS) is 12.0. The molecule has 0 N–H and O–H groups in total. The maximum Gasteiger partial charge on any atom is 0.157 e. The van der Waals surface area contributed by atoms with E-state index in [9.17, 15) is 4.39 Å². The van der Waals surface area contributed by atoms with Crippen molar-refractivity contribution in [1.29, 1.82) is 0 Å². The number of nitrogens with zero attached hydrogens (tertiary/aromatic N) is 1. The Labute approximate surface area is 83.2 Å². The first-order valence-electron chi connectivity index (χ1n) is 4.68. The van der Waals surface area contributed by atoms with Gasteiger partial charge in [-0.3, -0.25) is 0 Å². The molecule has 0 bridgehead atoms. The topological polar surface area (TPSA) is 12.9 Å². The van der Waals surface area contributed by atoms with Gasteiger partial charge in [0.1, 0.15) is 0 Å². The van der Waals surface area contributed by atoms with Gasteiger partial charge in [-0.1, -0.05) is 33.6 Å². The average molecular weight is 201 g/mol. The summed E-state index contributed by atoms with van der Waals surface area (Å²) in [5.74, 6) is -0.147. The minimum Gasteiger partial charge on any atom is -0.204 e. The number of hydrogen-bond donors (Lipinski definition) is 0. The molecule has 1 heterocycles. The molecule has 1 aromatic rings. The van der Waals surface area contributed by atoms with Crippen molar-refractivity contribution in [3.8, 4) is 0 Å². The van der Waals surface area contributed by atoms with Gasteiger partial charge >= 0.3 is 0 Å². The summed E-state index contributed by atoms with van der Waals surface area (Å²) in [4.78, 5) is 0.793. The fraction of sp³-hybridized carbons (Fsp3) is 0.700. The van der Waals surface area contributed by atoms with E-state index < -0.39 is 0 Å². The minimum absolute atomic E-state index is 0.0543. The predicted molar refractivity (Wildman–Crippen MR) is 54.6 cm³/mol. The van der Waals surface area contributed by atoms with Crippen LogP contribution in [0, 0.1) is 5.82 Å². The first-order valence-corrected chi connectivity index (χ1v) is 5.46. The van der Waals surface area contributed by atoms with E-state index in [1.54, 1.807) is 0 Å². The van der Waals surface area contributed by atoms with Crippen molar-refractivity contribution >= 4 is 11.5 Å². The molecule has 0 atom stereocenters. The van der Waals surface area contributed by atoms with Gasteiger partial charge in [0, 0.05) is 5.41 Å². The van der Waals surface area contributed by atoms with Crippen LogP contribution in [0.15, 0.2) is 6.20 Å². The monoisotopic (exact) mass is 201 g/mol. The number of unbranched alkanes of at least 4 members (excludes halogenated alkanes) is 1. The van der Waals surface area contributed by atoms with Gasteiger partial charge in [-0.15, -0.1) is 0 Å². The smallest absolute Gasteiger partial charge is 0.157 e. The van der Waals surface area contributed by atoms with Gasteiger partial charge in [0.05, 0.1) is 11.1 Å². The molecule has 3 heteroatoms. The third-order valence-electron chi connectivity index (χ3n) is 2.30. The summed E-state index contributed by atoms with van der Waals surface area (Å²) in [6.45, 7) is 6.32. The van der Waals surface area contributed by atoms with Crippen molar-refractivity contribution in [2.24, 2.45) is 0 Å². The lowest BCUT2D eigenvalue weighted by atomic mass is 9.85. The van der Waals surface area contributed by atoms with Gasteiger partial charge in [-0.2, -0.15) is 4.37 Å². The Kier molecular flexibility index (Phi) is 3.42. The largest absolute Gasteiger partial charge is 0.204 e. The van der Waals surface area contributed by atoms with Crippen LogP contribution in [0.25, 0.3) is 0 Å². The lowest BCUT2D eigenvalue weighted by Gasteiger charge is -2.22. The van der Waals surface area contributed by atoms with E-state index in [1.807, 2.05) is 0 Å². The fourth-order valence-corrected chi connectivity index (χ4v) is 2.15. The van der Waals surface area contributed by atoms with Crippen LogP contribution in [-0.2, 0) is 5.41 Å². The molecule has 13 heavy (non-hydrogen) atoms. The highest BCUT2D eigenvalue weighted by molar-refractivity contribution is 7.05. The van der Waals surface area contributed by atoms with Gasteiger partial charge in [-0.05, 0) is 18.0 Å². The Bertz CT molecular complexity index is 268. The second kappa shape index (κ2) is 4.18. The highest BCUT2D eigenvalue weighted by atomic mass is 32.1. The lowest BCUT2D eigenvalue weighted by Crippen LogP contribution is -2.16. The molecule has 1 rings (SSSR count). The summed E-state index contributed by atoms with van der Waals surface area (Å²) in [5, 5.41) is 0. The molecule has 0 aliphatic heterocycles. The number of halogens is 1. The third-order valence-corrected chi connectivity index (χ3v) is 3.44. The SMILES string of the molecule is CCCCC(C)(C)c1sncc1F. The van der Waals surface area contributed by atoms with Gasteiger partial charge in [0.25, 0.3) is 0 Å². The molecule has 0 spiro atoms. The maximum atomic E-state index is 13.2. The van der Waals surface area contributed by atoms with E-state index in [1.165, 1.54) is 17.7 Å². The Morgan fingerprint density at radius 2 is 2.23 bits per heavy atom. The summed E-state index contributed by atoms with van der Waals surface area (Å²) in [5.41, 5.74) is -0.0543. The summed E-state index contributed by atoms with van der Waals surface area (Å²) < 4.78 is 17.1. The Morgan fingerprint density at radius 3 is 2.69 bits per heavy atom. The second-order valence-corrected chi connectivity index (χ2v) is 4.79. The zero-order chi connectivity index (χ0) is 9.90. The lowest BCUT2D eigenvalue weighted by molar-refractivity contribution is 0.444. The van der Waals surface area contributed by atoms with E-state index >= 15 is 0 Å². The van der Waals surface area contributed by atoms with Crippen molar-refractivity contribution in [1.82, 2.24) is 4.37 Å². The van der Waals surface area contributed by atoms with Crippen LogP contribution >= 0.6 is 11.5 Å². The highest BCUT2D eigenvalue weighted by Gasteiger charge is 2.25. The number of aromatic nitrogens is 1. The van der Waals surface area contributed by atoms with Crippen molar-refractivity contribution in [2.75, 3.05) is 0 Å². The maximum absolute atomic E-state index is 13.2. The van der Waals surface area contributed by atoms with Crippen LogP contribution in [0.5, 0.6) is 0 Å². The zero-order valence-corrected chi connectivity index (χ0v) is 9.25. The molecule has 0 radical (unpaired) electrons. The third kappa shape index (κ3) is 2.50. The van der Waals surface area contributed by atoms with E-state index in [-0.39, 0.29) is 11.2 Å². The molecule has 0 saturated heterocycles. The van der Waals surface area contributed by atoms with Crippen molar-refractivity contribution in [3.63, 3.8) is 0 Å². The number of rotatable bonds is 4. The summed E-state index contributed by atoms with van der Waals surface area (Å²) in [7, 11) is 0. The Balaban J connectivity index is 2.74. The van der Waals surface area contributed by atoms with Gasteiger partial charge in [-0.25, -0.2) is 4.39 Å². The van der Waals surface area contributed by atoms with Crippen LogP contribution in [0.2, 0.25) is 0 Å². The first-order chi connectivity index (χ1) is 6.08. The van der Waals surface area contributed by atoms with Gasteiger partial charge in [0.2, 0.25) is 0 Å². The molecule has 0 unspecified atom stereocenters. The van der Waals surface area contributed by atoms with E-state index in [4.69, 9.17) is 0 Å². The predicted octanol–water partition coefficient (Wildman–Crippen LogP) is 3.75. The van der Waals surface area contributed by atoms with Crippen molar-refractivity contribution in [3.05, 3.63) is 16.9 Å². The molecule has 0 saturated carbocycles. The van der Waals surface area contributed by atoms with E-state index in [2.05, 4.69) is 25.1 Å². The Morgan fingerprint density at radius 1 is 1.54 bits per heavy atom. The molecule has 1 nitrogen and oxygen atoms in total.